The van der Waals surface area contributed by atoms with Crippen LogP contribution in [0.3, 0.4) is 0 Å². The second-order valence-corrected chi connectivity index (χ2v) is 9.92. The van der Waals surface area contributed by atoms with Gasteiger partial charge in [-0.05, 0) is 69.9 Å². The van der Waals surface area contributed by atoms with E-state index in [9.17, 15) is 9.59 Å². The molecule has 0 aliphatic heterocycles. The Kier molecular flexibility index (Phi) is 32.1. The number of carbonyl (C=O) groups excluding carboxylic acids is 2. The van der Waals surface area contributed by atoms with E-state index < -0.39 is 7.12 Å². The van der Waals surface area contributed by atoms with Crippen molar-refractivity contribution in [3.05, 3.63) is 108 Å². The number of hydrogen-bond donors (Lipinski definition) is 2. The van der Waals surface area contributed by atoms with Crippen molar-refractivity contribution >= 4 is 118 Å². The predicted molar refractivity (Wildman–Crippen MR) is 169 cm³/mol. The van der Waals surface area contributed by atoms with Crippen LogP contribution in [-0.4, -0.2) is 72.4 Å². The summed E-state index contributed by atoms with van der Waals surface area (Å²) < 4.78 is 0.984. The van der Waals surface area contributed by atoms with Gasteiger partial charge in [-0.25, -0.2) is 9.69 Å². The summed E-state index contributed by atoms with van der Waals surface area (Å²) in [5.41, 5.74) is 3.36. The molecule has 4 aromatic rings. The van der Waals surface area contributed by atoms with E-state index in [4.69, 9.17) is 23.2 Å². The second kappa shape index (κ2) is 27.5. The van der Waals surface area contributed by atoms with Crippen molar-refractivity contribution in [1.29, 1.82) is 0 Å². The van der Waals surface area contributed by atoms with Gasteiger partial charge in [-0.1, -0.05) is 49.9 Å². The standard InChI is InChI=1S/C13H9NOS.C7H6BNO2.C6H5BrOS.CH4.3Co.2Na/c1-9(15)13-7-11(8-16-13)10-4-3-5-12(6-10)14-2;1-9-7-4-2-3-6(5-7)8(10)11;1-4(8)6-2-5(7)3-9-6;;;;;;/h3-8H,1H3;2-5,10-11H;2-3H,1H3;1H4;;;;;. The molecule has 0 amide bonds. The molecule has 0 saturated heterocycles. The van der Waals surface area contributed by atoms with E-state index in [0.717, 1.165) is 25.4 Å². The third kappa shape index (κ3) is 18.2. The summed E-state index contributed by atoms with van der Waals surface area (Å²) in [6.45, 7) is 16.7. The summed E-state index contributed by atoms with van der Waals surface area (Å²) in [7, 11) is -1.49. The van der Waals surface area contributed by atoms with Gasteiger partial charge in [-0.2, -0.15) is 0 Å². The first-order valence-electron chi connectivity index (χ1n) is 11.3. The average molecular weight is 818 g/mol. The molecule has 2 N–H and O–H groups in total. The molecule has 4 rings (SSSR count). The van der Waals surface area contributed by atoms with Crippen molar-refractivity contribution in [3.63, 3.8) is 0 Å². The molecule has 0 aliphatic rings. The van der Waals surface area contributed by atoms with Gasteiger partial charge >= 0.3 is 50.7 Å². The Morgan fingerprint density at radius 1 is 0.786 bits per heavy atom. The van der Waals surface area contributed by atoms with Crippen LogP contribution in [0.4, 0.5) is 11.4 Å². The number of rotatable bonds is 4. The van der Waals surface area contributed by atoms with E-state index in [0.29, 0.717) is 16.8 Å². The van der Waals surface area contributed by atoms with Gasteiger partial charge in [0.25, 0.3) is 0 Å². The Labute approximate surface area is 324 Å². The van der Waals surface area contributed by atoms with Crippen molar-refractivity contribution in [2.24, 2.45) is 0 Å². The third-order valence-corrected chi connectivity index (χ3v) is 7.29. The van der Waals surface area contributed by atoms with E-state index in [2.05, 4.69) is 25.6 Å². The zero-order chi connectivity index (χ0) is 28.7. The average Bonchev–Trinajstić information content (AvgIpc) is 3.61. The van der Waals surface area contributed by atoms with Crippen LogP contribution in [0, 0.1) is 13.1 Å². The minimum absolute atomic E-state index is 0. The molecular weight excluding hydrogens is 794 g/mol. The van der Waals surface area contributed by atoms with Crippen LogP contribution >= 0.6 is 38.6 Å². The Balaban J connectivity index is -0.000000248. The fraction of sp³-hybridized carbons (Fsp3) is 0.111. The summed E-state index contributed by atoms with van der Waals surface area (Å²) in [6.07, 6.45) is 0. The fourth-order valence-electron chi connectivity index (χ4n) is 2.68. The van der Waals surface area contributed by atoms with Crippen LogP contribution < -0.4 is 5.46 Å². The maximum absolute atomic E-state index is 11.2. The van der Waals surface area contributed by atoms with E-state index in [1.54, 1.807) is 38.1 Å². The van der Waals surface area contributed by atoms with Crippen LogP contribution in [0.25, 0.3) is 20.8 Å². The number of carbonyl (C=O) groups is 2. The molecule has 0 atom stereocenters. The van der Waals surface area contributed by atoms with Gasteiger partial charge in [-0.3, -0.25) is 9.59 Å². The molecule has 0 saturated carbocycles. The van der Waals surface area contributed by atoms with Crippen molar-refractivity contribution in [2.75, 3.05) is 0 Å². The zero-order valence-electron chi connectivity index (χ0n) is 22.3. The summed E-state index contributed by atoms with van der Waals surface area (Å²) in [6, 6.07) is 17.3. The maximum atomic E-state index is 11.2. The molecule has 0 aliphatic carbocycles. The van der Waals surface area contributed by atoms with Crippen molar-refractivity contribution in [2.45, 2.75) is 21.3 Å². The molecule has 0 spiro atoms. The first-order valence-corrected chi connectivity index (χ1v) is 21.9. The summed E-state index contributed by atoms with van der Waals surface area (Å²) in [5, 5.41) is 21.2. The SMILES string of the molecule is C.CC(=O)c1cc(Br)cs1.[C-]#[N+]c1cccc(-c2csc(C(C)=O)c2)c1.[C-]#[N+]c1cccc(B(O)O)c1.[Co].[Co].[Co].[Na][Na]. The number of thiophene rings is 2. The second-order valence-electron chi connectivity index (χ2n) is 7.18. The molecule has 3 radical (unpaired) electrons. The zero-order valence-corrected chi connectivity index (χ0v) is 32.6. The van der Waals surface area contributed by atoms with Gasteiger partial charge in [0.2, 0.25) is 0 Å². The molecule has 0 unspecified atom stereocenters. The topological polar surface area (TPSA) is 83.3 Å². The number of ketones is 2. The van der Waals surface area contributed by atoms with Crippen LogP contribution in [-0.2, 0) is 50.3 Å². The summed E-state index contributed by atoms with van der Waals surface area (Å²) >= 11 is 9.05. The number of halogens is 1. The Morgan fingerprint density at radius 3 is 1.67 bits per heavy atom. The Bertz CT molecular complexity index is 1460. The van der Waals surface area contributed by atoms with Crippen molar-refractivity contribution in [1.82, 2.24) is 0 Å². The normalized spacial score (nSPS) is 8.26. The molecule has 15 heteroatoms. The van der Waals surface area contributed by atoms with Gasteiger partial charge in [0.1, 0.15) is 0 Å². The molecule has 42 heavy (non-hydrogen) atoms. The first kappa shape index (κ1) is 49.0. The monoisotopic (exact) mass is 817 g/mol. The van der Waals surface area contributed by atoms with E-state index >= 15 is 0 Å². The van der Waals surface area contributed by atoms with Crippen molar-refractivity contribution in [3.8, 4) is 11.1 Å². The molecule has 6 nitrogen and oxygen atoms in total. The predicted octanol–water partition coefficient (Wildman–Crippen LogP) is 6.67. The van der Waals surface area contributed by atoms with Crippen LogP contribution in [0.1, 0.15) is 40.6 Å². The molecule has 0 fully saturated rings. The number of Topliss-reactive ketones (excluding diaryl/α,β-unsaturated/α-hetero) is 2. The molecule has 2 aromatic heterocycles. The van der Waals surface area contributed by atoms with Gasteiger partial charge < -0.3 is 10.0 Å². The van der Waals surface area contributed by atoms with Crippen LogP contribution in [0.2, 0.25) is 0 Å². The number of benzene rings is 2. The van der Waals surface area contributed by atoms with E-state index in [1.165, 1.54) is 72.4 Å². The summed E-state index contributed by atoms with van der Waals surface area (Å²) in [4.78, 5) is 29.9. The summed E-state index contributed by atoms with van der Waals surface area (Å²) in [5.74, 6) is 0.211. The first-order chi connectivity index (χ1) is 18.1. The van der Waals surface area contributed by atoms with E-state index in [-0.39, 0.29) is 69.3 Å². The quantitative estimate of drug-likeness (QED) is 0.137. The number of nitrogens with zero attached hydrogens (tertiary/aromatic N) is 2. The van der Waals surface area contributed by atoms with Crippen molar-refractivity contribution < 1.29 is 70.0 Å². The molecule has 2 aromatic carbocycles. The van der Waals surface area contributed by atoms with Gasteiger partial charge in [0.15, 0.2) is 22.9 Å². The molecule has 217 valence electrons. The molecule has 0 bridgehead atoms. The van der Waals surface area contributed by atoms with Crippen LogP contribution in [0.5, 0.6) is 0 Å². The Hall–Kier alpha value is 0.144. The third-order valence-electron chi connectivity index (χ3n) is 4.47. The molecule has 2 heterocycles. The van der Waals surface area contributed by atoms with Gasteiger partial charge in [0.05, 0.1) is 22.9 Å². The Morgan fingerprint density at radius 2 is 1.26 bits per heavy atom. The molecular formula is C27H24BBrCo3N2Na2O4S2. The fourth-order valence-corrected chi connectivity index (χ4v) is 4.83. The van der Waals surface area contributed by atoms with Gasteiger partial charge in [-0.15, -0.1) is 22.7 Å². The van der Waals surface area contributed by atoms with Gasteiger partial charge in [0, 0.05) is 60.2 Å². The van der Waals surface area contributed by atoms with E-state index in [1.807, 2.05) is 41.1 Å². The minimum atomic E-state index is -1.49. The number of hydrogen-bond acceptors (Lipinski definition) is 6. The van der Waals surface area contributed by atoms with Crippen LogP contribution in [0.15, 0.2) is 75.9 Å².